The molecule has 0 aliphatic rings. The van der Waals surface area contributed by atoms with Crippen LogP contribution in [0.5, 0.6) is 0 Å². The zero-order chi connectivity index (χ0) is 6.15. The van der Waals surface area contributed by atoms with Crippen LogP contribution in [0.15, 0.2) is 6.20 Å². The van der Waals surface area contributed by atoms with Gasteiger partial charge in [0.1, 0.15) is 0 Å². The van der Waals surface area contributed by atoms with Crippen molar-refractivity contribution in [2.75, 3.05) is 0 Å². The number of aryl methyl sites for hydroxylation is 1. The Bertz CT molecular complexity index is 174. The van der Waals surface area contributed by atoms with Crippen molar-refractivity contribution < 1.29 is 8.78 Å². The second kappa shape index (κ2) is 1.54. The van der Waals surface area contributed by atoms with Crippen LogP contribution in [0.4, 0.5) is 8.78 Å². The summed E-state index contributed by atoms with van der Waals surface area (Å²) in [6.07, 6.45) is 0.829. The van der Waals surface area contributed by atoms with Gasteiger partial charge in [-0.25, -0.2) is 9.07 Å². The lowest BCUT2D eigenvalue weighted by Crippen LogP contribution is -1.93. The maximum absolute atomic E-state index is 12.0. The number of halogens is 2. The first-order valence-electron chi connectivity index (χ1n) is 2.05. The zero-order valence-corrected chi connectivity index (χ0v) is 4.23. The monoisotopic (exact) mass is 118 g/mol. The summed E-state index contributed by atoms with van der Waals surface area (Å²) < 4.78 is 24.7. The lowest BCUT2D eigenvalue weighted by atomic mass is 10.7. The maximum Gasteiger partial charge on any atom is 0.247 e. The van der Waals surface area contributed by atoms with E-state index in [9.17, 15) is 8.78 Å². The molecule has 8 heavy (non-hydrogen) atoms. The molecule has 0 aromatic carbocycles. The number of rotatable bonds is 0. The van der Waals surface area contributed by atoms with Crippen molar-refractivity contribution in [3.8, 4) is 0 Å². The van der Waals surface area contributed by atoms with Crippen LogP contribution in [-0.4, -0.2) is 9.78 Å². The summed E-state index contributed by atoms with van der Waals surface area (Å²) in [6, 6.07) is 0. The third-order valence-corrected chi connectivity index (χ3v) is 0.825. The summed E-state index contributed by atoms with van der Waals surface area (Å²) in [4.78, 5) is 0. The summed E-state index contributed by atoms with van der Waals surface area (Å²) in [5.41, 5.74) is 0. The van der Waals surface area contributed by atoms with Crippen LogP contribution in [-0.2, 0) is 7.05 Å². The predicted molar refractivity (Wildman–Crippen MR) is 23.1 cm³/mol. The molecular weight excluding hydrogens is 114 g/mol. The molecule has 1 aromatic rings. The number of hydrogen-bond acceptors (Lipinski definition) is 1. The second-order valence-corrected chi connectivity index (χ2v) is 1.41. The predicted octanol–water partition coefficient (Wildman–Crippen LogP) is 0.698. The van der Waals surface area contributed by atoms with Crippen LogP contribution in [0.25, 0.3) is 0 Å². The van der Waals surface area contributed by atoms with Gasteiger partial charge in [-0.15, -0.1) is 0 Å². The van der Waals surface area contributed by atoms with Gasteiger partial charge in [-0.1, -0.05) is 0 Å². The molecular formula is C4H4F2N2. The molecule has 0 fully saturated rings. The van der Waals surface area contributed by atoms with E-state index in [0.29, 0.717) is 0 Å². The van der Waals surface area contributed by atoms with Crippen molar-refractivity contribution >= 4 is 0 Å². The number of hydrogen-bond donors (Lipinski definition) is 0. The topological polar surface area (TPSA) is 17.8 Å². The summed E-state index contributed by atoms with van der Waals surface area (Å²) in [7, 11) is 1.33. The van der Waals surface area contributed by atoms with Crippen LogP contribution in [0.3, 0.4) is 0 Å². The van der Waals surface area contributed by atoms with Crippen LogP contribution < -0.4 is 0 Å². The first-order valence-corrected chi connectivity index (χ1v) is 2.05. The lowest BCUT2D eigenvalue weighted by Gasteiger charge is -1.84. The Morgan fingerprint density at radius 3 is 2.38 bits per heavy atom. The first kappa shape index (κ1) is 5.21. The molecule has 2 nitrogen and oxygen atoms in total. The normalized spacial score (nSPS) is 9.88. The van der Waals surface area contributed by atoms with E-state index < -0.39 is 11.8 Å². The average Bonchev–Trinajstić information content (AvgIpc) is 1.98. The quantitative estimate of drug-likeness (QED) is 0.490. The summed E-state index contributed by atoms with van der Waals surface area (Å²) >= 11 is 0. The fourth-order valence-electron chi connectivity index (χ4n) is 0.396. The van der Waals surface area contributed by atoms with Crippen LogP contribution >= 0.6 is 0 Å². The summed E-state index contributed by atoms with van der Waals surface area (Å²) in [5, 5.41) is 3.28. The van der Waals surface area contributed by atoms with Gasteiger partial charge in [-0.3, -0.25) is 0 Å². The second-order valence-electron chi connectivity index (χ2n) is 1.41. The minimum atomic E-state index is -0.926. The highest BCUT2D eigenvalue weighted by Gasteiger charge is 2.03. The highest BCUT2D eigenvalue weighted by atomic mass is 19.2. The SMILES string of the molecule is Cn1ncc(F)c1F. The third kappa shape index (κ3) is 0.576. The van der Waals surface area contributed by atoms with Crippen molar-refractivity contribution in [2.24, 2.45) is 7.05 Å². The summed E-state index contributed by atoms with van der Waals surface area (Å²) in [5.74, 6) is -1.84. The van der Waals surface area contributed by atoms with E-state index in [1.165, 1.54) is 7.05 Å². The fraction of sp³-hybridized carbons (Fsp3) is 0.250. The lowest BCUT2D eigenvalue weighted by molar-refractivity contribution is 0.448. The Balaban J connectivity index is 3.19. The van der Waals surface area contributed by atoms with Crippen LogP contribution in [0.2, 0.25) is 0 Å². The van der Waals surface area contributed by atoms with Crippen molar-refractivity contribution in [1.29, 1.82) is 0 Å². The van der Waals surface area contributed by atoms with E-state index >= 15 is 0 Å². The molecule has 1 heterocycles. The standard InChI is InChI=1S/C4H4F2N2/c1-8-4(6)3(5)2-7-8/h2H,1H3. The molecule has 0 bridgehead atoms. The molecule has 0 unspecified atom stereocenters. The zero-order valence-electron chi connectivity index (χ0n) is 4.23. The minimum absolute atomic E-state index is 0.829. The molecule has 0 saturated carbocycles. The number of nitrogens with zero attached hydrogens (tertiary/aromatic N) is 2. The minimum Gasteiger partial charge on any atom is -0.240 e. The molecule has 44 valence electrons. The Labute approximate surface area is 44.7 Å². The molecule has 0 radical (unpaired) electrons. The van der Waals surface area contributed by atoms with Gasteiger partial charge in [0, 0.05) is 7.05 Å². The van der Waals surface area contributed by atoms with Gasteiger partial charge in [0.2, 0.25) is 5.95 Å². The van der Waals surface area contributed by atoms with E-state index in [4.69, 9.17) is 0 Å². The van der Waals surface area contributed by atoms with Gasteiger partial charge < -0.3 is 0 Å². The van der Waals surface area contributed by atoms with Crippen molar-refractivity contribution in [1.82, 2.24) is 9.78 Å². The largest absolute Gasteiger partial charge is 0.247 e. The first-order chi connectivity index (χ1) is 3.72. The number of aromatic nitrogens is 2. The van der Waals surface area contributed by atoms with Gasteiger partial charge in [0.15, 0.2) is 5.82 Å². The highest BCUT2D eigenvalue weighted by molar-refractivity contribution is 4.86. The van der Waals surface area contributed by atoms with Crippen molar-refractivity contribution in [2.45, 2.75) is 0 Å². The molecule has 1 aromatic heterocycles. The molecule has 0 spiro atoms. The van der Waals surface area contributed by atoms with Crippen molar-refractivity contribution in [3.05, 3.63) is 18.0 Å². The molecule has 0 aliphatic carbocycles. The Morgan fingerprint density at radius 2 is 2.25 bits per heavy atom. The fourth-order valence-corrected chi connectivity index (χ4v) is 0.396. The van der Waals surface area contributed by atoms with Crippen LogP contribution in [0.1, 0.15) is 0 Å². The van der Waals surface area contributed by atoms with E-state index in [1.54, 1.807) is 0 Å². The average molecular weight is 118 g/mol. The van der Waals surface area contributed by atoms with Gasteiger partial charge in [-0.2, -0.15) is 9.49 Å². The third-order valence-electron chi connectivity index (χ3n) is 0.825. The van der Waals surface area contributed by atoms with Gasteiger partial charge >= 0.3 is 0 Å². The van der Waals surface area contributed by atoms with Crippen molar-refractivity contribution in [3.63, 3.8) is 0 Å². The van der Waals surface area contributed by atoms with E-state index in [1.807, 2.05) is 0 Å². The smallest absolute Gasteiger partial charge is 0.240 e. The molecule has 1 rings (SSSR count). The Morgan fingerprint density at radius 1 is 1.62 bits per heavy atom. The highest BCUT2D eigenvalue weighted by Crippen LogP contribution is 1.99. The summed E-state index contributed by atoms with van der Waals surface area (Å²) in [6.45, 7) is 0. The molecule has 0 atom stereocenters. The Kier molecular flexibility index (Phi) is 1.00. The van der Waals surface area contributed by atoms with Crippen LogP contribution in [0, 0.1) is 11.8 Å². The van der Waals surface area contributed by atoms with E-state index in [0.717, 1.165) is 10.9 Å². The molecule has 0 N–H and O–H groups in total. The van der Waals surface area contributed by atoms with Gasteiger partial charge in [0.05, 0.1) is 6.20 Å². The van der Waals surface area contributed by atoms with Gasteiger partial charge in [-0.05, 0) is 0 Å². The Hall–Kier alpha value is -0.930. The molecule has 0 amide bonds. The maximum atomic E-state index is 12.0. The van der Waals surface area contributed by atoms with E-state index in [-0.39, 0.29) is 0 Å². The molecule has 0 saturated heterocycles. The van der Waals surface area contributed by atoms with Gasteiger partial charge in [0.25, 0.3) is 0 Å². The molecule has 0 aliphatic heterocycles. The van der Waals surface area contributed by atoms with E-state index in [2.05, 4.69) is 5.10 Å². The molecule has 4 heteroatoms.